The fraction of sp³-hybridized carbons (Fsp3) is 0.400. The smallest absolute Gasteiger partial charge is 0.155 e. The van der Waals surface area contributed by atoms with Crippen LogP contribution in [0.3, 0.4) is 0 Å². The van der Waals surface area contributed by atoms with Crippen molar-refractivity contribution in [1.82, 2.24) is 14.4 Å². The molecule has 2 rings (SSSR count). The van der Waals surface area contributed by atoms with E-state index in [1.807, 2.05) is 29.9 Å². The zero-order valence-corrected chi connectivity index (χ0v) is 8.15. The van der Waals surface area contributed by atoms with Gasteiger partial charge in [-0.1, -0.05) is 13.8 Å². The monoisotopic (exact) mass is 175 g/mol. The summed E-state index contributed by atoms with van der Waals surface area (Å²) in [7, 11) is 0. The van der Waals surface area contributed by atoms with Crippen molar-refractivity contribution in [2.75, 3.05) is 0 Å². The third-order valence-electron chi connectivity index (χ3n) is 2.07. The van der Waals surface area contributed by atoms with Crippen LogP contribution in [-0.4, -0.2) is 14.4 Å². The highest BCUT2D eigenvalue weighted by molar-refractivity contribution is 5.37. The van der Waals surface area contributed by atoms with Gasteiger partial charge in [0.05, 0.1) is 17.6 Å². The van der Waals surface area contributed by atoms with Crippen LogP contribution in [0.1, 0.15) is 31.2 Å². The van der Waals surface area contributed by atoms with Crippen LogP contribution in [0.5, 0.6) is 0 Å². The molecule has 0 fully saturated rings. The van der Waals surface area contributed by atoms with E-state index in [2.05, 4.69) is 23.8 Å². The van der Waals surface area contributed by atoms with Crippen molar-refractivity contribution >= 4 is 5.65 Å². The number of aryl methyl sites for hydroxylation is 1. The van der Waals surface area contributed by atoms with Gasteiger partial charge in [-0.25, -0.2) is 4.98 Å². The summed E-state index contributed by atoms with van der Waals surface area (Å²) >= 11 is 0. The molecule has 0 unspecified atom stereocenters. The van der Waals surface area contributed by atoms with Gasteiger partial charge >= 0.3 is 0 Å². The summed E-state index contributed by atoms with van der Waals surface area (Å²) < 4.78 is 2.03. The largest absolute Gasteiger partial charge is 0.304 e. The quantitative estimate of drug-likeness (QED) is 0.664. The van der Waals surface area contributed by atoms with E-state index < -0.39 is 0 Å². The molecule has 2 aromatic rings. The Bertz CT molecular complexity index is 429. The fourth-order valence-electron chi connectivity index (χ4n) is 1.34. The number of nitrogens with zero attached hydrogens (tertiary/aromatic N) is 3. The second kappa shape index (κ2) is 2.83. The van der Waals surface area contributed by atoms with Gasteiger partial charge in [0.1, 0.15) is 0 Å². The van der Waals surface area contributed by atoms with E-state index in [9.17, 15) is 0 Å². The molecule has 0 aliphatic heterocycles. The van der Waals surface area contributed by atoms with Crippen LogP contribution in [0.2, 0.25) is 0 Å². The maximum atomic E-state index is 4.34. The predicted molar refractivity (Wildman–Crippen MR) is 51.8 cm³/mol. The highest BCUT2D eigenvalue weighted by atomic mass is 15.0. The molecule has 3 nitrogen and oxygen atoms in total. The lowest BCUT2D eigenvalue weighted by Crippen LogP contribution is -1.95. The van der Waals surface area contributed by atoms with E-state index in [1.165, 1.54) is 0 Å². The Morgan fingerprint density at radius 1 is 1.31 bits per heavy atom. The van der Waals surface area contributed by atoms with Crippen molar-refractivity contribution in [3.05, 3.63) is 30.0 Å². The molecule has 13 heavy (non-hydrogen) atoms. The second-order valence-corrected chi connectivity index (χ2v) is 3.61. The van der Waals surface area contributed by atoms with Crippen LogP contribution >= 0.6 is 0 Å². The Hall–Kier alpha value is -1.38. The van der Waals surface area contributed by atoms with Gasteiger partial charge in [-0.05, 0) is 12.8 Å². The molecule has 0 aliphatic carbocycles. The first-order valence-corrected chi connectivity index (χ1v) is 4.48. The summed E-state index contributed by atoms with van der Waals surface area (Å²) in [6, 6.07) is 0. The first kappa shape index (κ1) is 8.23. The average Bonchev–Trinajstić information content (AvgIpc) is 2.42. The van der Waals surface area contributed by atoms with Crippen LogP contribution < -0.4 is 0 Å². The Morgan fingerprint density at radius 3 is 2.77 bits per heavy atom. The molecule has 0 saturated carbocycles. The van der Waals surface area contributed by atoms with Crippen molar-refractivity contribution in [2.45, 2.75) is 26.7 Å². The van der Waals surface area contributed by atoms with Crippen molar-refractivity contribution in [1.29, 1.82) is 0 Å². The number of rotatable bonds is 1. The molecule has 0 bridgehead atoms. The molecule has 0 atom stereocenters. The molecular weight excluding hydrogens is 162 g/mol. The minimum Gasteiger partial charge on any atom is -0.304 e. The zero-order chi connectivity index (χ0) is 9.42. The van der Waals surface area contributed by atoms with Crippen LogP contribution in [0, 0.1) is 6.92 Å². The van der Waals surface area contributed by atoms with Gasteiger partial charge in [0.15, 0.2) is 5.65 Å². The molecule has 0 aromatic carbocycles. The lowest BCUT2D eigenvalue weighted by molar-refractivity contribution is 0.808. The third-order valence-corrected chi connectivity index (χ3v) is 2.07. The average molecular weight is 175 g/mol. The summed E-state index contributed by atoms with van der Waals surface area (Å²) in [4.78, 5) is 8.65. The van der Waals surface area contributed by atoms with E-state index >= 15 is 0 Å². The van der Waals surface area contributed by atoms with Crippen molar-refractivity contribution in [2.24, 2.45) is 0 Å². The van der Waals surface area contributed by atoms with E-state index in [0.717, 1.165) is 17.0 Å². The molecule has 0 N–H and O–H groups in total. The number of hydrogen-bond acceptors (Lipinski definition) is 2. The SMILES string of the molecule is Cc1cn2cc(C(C)C)ncc2n1. The predicted octanol–water partition coefficient (Wildman–Crippen LogP) is 2.16. The first-order chi connectivity index (χ1) is 6.16. The van der Waals surface area contributed by atoms with Gasteiger partial charge in [-0.15, -0.1) is 0 Å². The normalized spacial score (nSPS) is 11.4. The standard InChI is InChI=1S/C10H13N3/c1-7(2)9-6-13-5-8(3)12-10(13)4-11-9/h4-7H,1-3H3. The summed E-state index contributed by atoms with van der Waals surface area (Å²) in [5.74, 6) is 0.465. The van der Waals surface area contributed by atoms with Gasteiger partial charge in [0.25, 0.3) is 0 Å². The van der Waals surface area contributed by atoms with Crippen LogP contribution in [0.25, 0.3) is 5.65 Å². The second-order valence-electron chi connectivity index (χ2n) is 3.61. The molecule has 0 amide bonds. The number of hydrogen-bond donors (Lipinski definition) is 0. The van der Waals surface area contributed by atoms with E-state index in [0.29, 0.717) is 5.92 Å². The first-order valence-electron chi connectivity index (χ1n) is 4.48. The molecule has 68 valence electrons. The maximum absolute atomic E-state index is 4.34. The molecule has 3 heteroatoms. The molecule has 0 radical (unpaired) electrons. The maximum Gasteiger partial charge on any atom is 0.155 e. The van der Waals surface area contributed by atoms with Crippen LogP contribution in [0.4, 0.5) is 0 Å². The van der Waals surface area contributed by atoms with Crippen LogP contribution in [-0.2, 0) is 0 Å². The lowest BCUT2D eigenvalue weighted by Gasteiger charge is -2.03. The third kappa shape index (κ3) is 1.41. The van der Waals surface area contributed by atoms with Crippen molar-refractivity contribution < 1.29 is 0 Å². The molecule has 0 saturated heterocycles. The number of aromatic nitrogens is 3. The Kier molecular flexibility index (Phi) is 1.79. The summed E-state index contributed by atoms with van der Waals surface area (Å²) in [6.07, 6.45) is 5.88. The van der Waals surface area contributed by atoms with E-state index in [-0.39, 0.29) is 0 Å². The minimum atomic E-state index is 0.465. The van der Waals surface area contributed by atoms with E-state index in [1.54, 1.807) is 0 Å². The van der Waals surface area contributed by atoms with Gasteiger partial charge in [0.2, 0.25) is 0 Å². The molecule has 0 spiro atoms. The summed E-state index contributed by atoms with van der Waals surface area (Å²) in [5, 5.41) is 0. The molecule has 2 heterocycles. The van der Waals surface area contributed by atoms with Crippen molar-refractivity contribution in [3.63, 3.8) is 0 Å². The molecule has 0 aliphatic rings. The minimum absolute atomic E-state index is 0.465. The molecular formula is C10H13N3. The summed E-state index contributed by atoms with van der Waals surface area (Å²) in [6.45, 7) is 6.26. The van der Waals surface area contributed by atoms with Crippen LogP contribution in [0.15, 0.2) is 18.6 Å². The zero-order valence-electron chi connectivity index (χ0n) is 8.15. The lowest BCUT2D eigenvalue weighted by atomic mass is 10.1. The Morgan fingerprint density at radius 2 is 2.08 bits per heavy atom. The summed E-state index contributed by atoms with van der Waals surface area (Å²) in [5.41, 5.74) is 3.05. The van der Waals surface area contributed by atoms with Gasteiger partial charge in [-0.3, -0.25) is 4.98 Å². The Balaban J connectivity index is 2.61. The van der Waals surface area contributed by atoms with Gasteiger partial charge in [-0.2, -0.15) is 0 Å². The van der Waals surface area contributed by atoms with E-state index in [4.69, 9.17) is 0 Å². The topological polar surface area (TPSA) is 30.2 Å². The highest BCUT2D eigenvalue weighted by Gasteiger charge is 2.03. The molecule has 2 aromatic heterocycles. The number of fused-ring (bicyclic) bond motifs is 1. The number of imidazole rings is 1. The Labute approximate surface area is 77.4 Å². The van der Waals surface area contributed by atoms with Crippen molar-refractivity contribution in [3.8, 4) is 0 Å². The fourth-order valence-corrected chi connectivity index (χ4v) is 1.34. The van der Waals surface area contributed by atoms with Gasteiger partial charge < -0.3 is 4.40 Å². The van der Waals surface area contributed by atoms with Gasteiger partial charge in [0, 0.05) is 12.4 Å². The highest BCUT2D eigenvalue weighted by Crippen LogP contribution is 2.12.